The van der Waals surface area contributed by atoms with Gasteiger partial charge in [-0.15, -0.1) is 0 Å². The molecule has 0 aliphatic rings. The summed E-state index contributed by atoms with van der Waals surface area (Å²) < 4.78 is 20.9. The van der Waals surface area contributed by atoms with Crippen LogP contribution in [-0.2, 0) is 18.7 Å². The Balaban J connectivity index is 3.83. The second kappa shape index (κ2) is 6.66. The van der Waals surface area contributed by atoms with Crippen LogP contribution < -0.4 is 0 Å². The molecule has 0 amide bonds. The van der Waals surface area contributed by atoms with Gasteiger partial charge in [0.05, 0.1) is 27.7 Å². The van der Waals surface area contributed by atoms with E-state index in [1.807, 2.05) is 21.1 Å². The van der Waals surface area contributed by atoms with Gasteiger partial charge in [-0.25, -0.2) is 9.67 Å². The first-order chi connectivity index (χ1) is 7.16. The molecule has 97 valence electrons. The monoisotopic (exact) mass is 257 g/mol. The smallest absolute Gasteiger partial charge is 0.388 e. The third kappa shape index (κ3) is 9.23. The standard InChI is InChI=1S/C8H19NO6P/c1-9(2,3)4-5-14-16(12,13)15-7-8(11)6-10/h8,11H,4-7H2,1-3H3/p+1/t8-/m1/s1. The molecule has 0 bridgehead atoms. The van der Waals surface area contributed by atoms with Crippen molar-refractivity contribution in [2.45, 2.75) is 6.10 Å². The lowest BCUT2D eigenvalue weighted by Crippen LogP contribution is -2.37. The van der Waals surface area contributed by atoms with Crippen molar-refractivity contribution in [3.63, 3.8) is 0 Å². The molecule has 0 aromatic rings. The lowest BCUT2D eigenvalue weighted by atomic mass is 10.4. The number of aliphatic hydroxyl groups is 1. The minimum absolute atomic E-state index is 0.0603. The Morgan fingerprint density at radius 1 is 1.31 bits per heavy atom. The molecular weight excluding hydrogens is 237 g/mol. The third-order valence-corrected chi connectivity index (χ3v) is 2.62. The summed E-state index contributed by atoms with van der Waals surface area (Å²) >= 11 is 0. The maximum absolute atomic E-state index is 11.2. The molecule has 0 aromatic carbocycles. The Kier molecular flexibility index (Phi) is 6.65. The average Bonchev–Trinajstić information content (AvgIpc) is 2.12. The molecule has 0 saturated heterocycles. The van der Waals surface area contributed by atoms with Gasteiger partial charge in [-0.1, -0.05) is 0 Å². The van der Waals surface area contributed by atoms with E-state index in [4.69, 9.17) is 10.00 Å². The first-order valence-electron chi connectivity index (χ1n) is 4.85. The first kappa shape index (κ1) is 16.0. The summed E-state index contributed by atoms with van der Waals surface area (Å²) in [6, 6.07) is 0. The van der Waals surface area contributed by atoms with Gasteiger partial charge in [-0.05, 0) is 0 Å². The van der Waals surface area contributed by atoms with Gasteiger partial charge in [0.2, 0.25) is 0 Å². The van der Waals surface area contributed by atoms with Crippen LogP contribution in [0.2, 0.25) is 0 Å². The Morgan fingerprint density at radius 2 is 1.88 bits per heavy atom. The van der Waals surface area contributed by atoms with Gasteiger partial charge in [-0.2, -0.15) is 0 Å². The zero-order valence-corrected chi connectivity index (χ0v) is 10.7. The van der Waals surface area contributed by atoms with Gasteiger partial charge in [-0.3, -0.25) is 9.05 Å². The molecule has 0 spiro atoms. The third-order valence-electron chi connectivity index (χ3n) is 1.64. The molecule has 16 heavy (non-hydrogen) atoms. The number of likely N-dealkylation sites (N-methyl/N-ethyl adjacent to an activating group) is 1. The van der Waals surface area contributed by atoms with E-state index >= 15 is 0 Å². The number of nitrogens with zero attached hydrogens (tertiary/aromatic N) is 1. The largest absolute Gasteiger partial charge is 0.472 e. The number of hydrogen-bond donors (Lipinski definition) is 2. The minimum atomic E-state index is -4.15. The first-order valence-corrected chi connectivity index (χ1v) is 6.34. The van der Waals surface area contributed by atoms with Crippen molar-refractivity contribution in [2.24, 2.45) is 0 Å². The summed E-state index contributed by atoms with van der Waals surface area (Å²) in [5, 5.41) is 19.0. The second-order valence-electron chi connectivity index (χ2n) is 4.43. The van der Waals surface area contributed by atoms with Crippen LogP contribution in [0.4, 0.5) is 0 Å². The van der Waals surface area contributed by atoms with E-state index in [0.29, 0.717) is 11.0 Å². The van der Waals surface area contributed by atoms with Crippen molar-refractivity contribution in [1.29, 1.82) is 0 Å². The van der Waals surface area contributed by atoms with E-state index < -0.39 is 27.1 Å². The van der Waals surface area contributed by atoms with Crippen LogP contribution in [0.1, 0.15) is 0 Å². The molecule has 2 N–H and O–H groups in total. The van der Waals surface area contributed by atoms with Crippen molar-refractivity contribution in [3.8, 4) is 0 Å². The molecule has 0 saturated carbocycles. The second-order valence-corrected chi connectivity index (χ2v) is 5.89. The number of phosphoric acid groups is 1. The summed E-state index contributed by atoms with van der Waals surface area (Å²) in [5.74, 6) is 0. The Bertz CT molecular complexity index is 241. The fraction of sp³-hybridized carbons (Fsp3) is 1.00. The summed E-state index contributed by atoms with van der Waals surface area (Å²) in [6.07, 6.45) is -1.29. The highest BCUT2D eigenvalue weighted by Crippen LogP contribution is 2.42. The molecule has 1 radical (unpaired) electrons. The molecular formula is C8H20NO6P+. The van der Waals surface area contributed by atoms with E-state index in [9.17, 15) is 9.67 Å². The molecule has 0 aromatic heterocycles. The van der Waals surface area contributed by atoms with Crippen LogP contribution in [0, 0.1) is 0 Å². The molecule has 7 nitrogen and oxygen atoms in total. The Hall–Kier alpha value is -0.0100. The van der Waals surface area contributed by atoms with Crippen molar-refractivity contribution in [2.75, 3.05) is 47.5 Å². The number of aliphatic hydroxyl groups excluding tert-OH is 1. The van der Waals surface area contributed by atoms with Gasteiger partial charge in [0, 0.05) is 0 Å². The minimum Gasteiger partial charge on any atom is -0.388 e. The van der Waals surface area contributed by atoms with Crippen LogP contribution in [0.5, 0.6) is 0 Å². The Labute approximate surface area is 95.4 Å². The van der Waals surface area contributed by atoms with Gasteiger partial charge >= 0.3 is 7.82 Å². The zero-order valence-electron chi connectivity index (χ0n) is 9.83. The van der Waals surface area contributed by atoms with Crippen LogP contribution >= 0.6 is 7.82 Å². The van der Waals surface area contributed by atoms with Crippen molar-refractivity contribution < 1.29 is 33.2 Å². The highest BCUT2D eigenvalue weighted by atomic mass is 31.2. The molecule has 0 heterocycles. The van der Waals surface area contributed by atoms with Crippen LogP contribution in [0.25, 0.3) is 0 Å². The van der Waals surface area contributed by atoms with E-state index in [-0.39, 0.29) is 6.61 Å². The van der Waals surface area contributed by atoms with Gasteiger partial charge < -0.3 is 14.5 Å². The van der Waals surface area contributed by atoms with Crippen molar-refractivity contribution in [1.82, 2.24) is 0 Å². The predicted molar refractivity (Wildman–Crippen MR) is 56.2 cm³/mol. The van der Waals surface area contributed by atoms with Crippen molar-refractivity contribution in [3.05, 3.63) is 0 Å². The number of quaternary nitrogens is 1. The molecule has 0 fully saturated rings. The van der Waals surface area contributed by atoms with Crippen LogP contribution in [-0.4, -0.2) is 68.1 Å². The van der Waals surface area contributed by atoms with Crippen LogP contribution in [0.3, 0.4) is 0 Å². The molecule has 8 heteroatoms. The highest BCUT2D eigenvalue weighted by molar-refractivity contribution is 7.47. The van der Waals surface area contributed by atoms with E-state index in [2.05, 4.69) is 9.05 Å². The average molecular weight is 257 g/mol. The molecule has 0 aliphatic heterocycles. The summed E-state index contributed by atoms with van der Waals surface area (Å²) in [5.41, 5.74) is 0. The molecule has 0 rings (SSSR count). The summed E-state index contributed by atoms with van der Waals surface area (Å²) in [6.45, 7) is -0.677. The quantitative estimate of drug-likeness (QED) is 0.456. The summed E-state index contributed by atoms with van der Waals surface area (Å²) in [7, 11) is 1.58. The van der Waals surface area contributed by atoms with E-state index in [1.165, 1.54) is 0 Å². The number of hydrogen-bond acceptors (Lipinski definition) is 4. The van der Waals surface area contributed by atoms with E-state index in [0.717, 1.165) is 0 Å². The summed E-state index contributed by atoms with van der Waals surface area (Å²) in [4.78, 5) is 9.15. The topological polar surface area (TPSA) is 95.9 Å². The fourth-order valence-electron chi connectivity index (χ4n) is 0.696. The number of phosphoric ester groups is 1. The molecule has 0 aliphatic carbocycles. The zero-order chi connectivity index (χ0) is 12.8. The molecule has 2 atom stereocenters. The SMILES string of the molecule is C[N+](C)(C)CCOP(=O)(O)OC[C@H](O)C[O]. The van der Waals surface area contributed by atoms with Gasteiger partial charge in [0.15, 0.2) is 0 Å². The lowest BCUT2D eigenvalue weighted by Gasteiger charge is -2.24. The predicted octanol–water partition coefficient (Wildman–Crippen LogP) is -0.382. The maximum Gasteiger partial charge on any atom is 0.472 e. The van der Waals surface area contributed by atoms with E-state index in [1.54, 1.807) is 0 Å². The number of rotatable bonds is 8. The van der Waals surface area contributed by atoms with Crippen molar-refractivity contribution >= 4 is 7.82 Å². The van der Waals surface area contributed by atoms with Crippen LogP contribution in [0.15, 0.2) is 0 Å². The molecule has 1 unspecified atom stereocenters. The van der Waals surface area contributed by atoms with Gasteiger partial charge in [0.1, 0.15) is 25.9 Å². The fourth-order valence-corrected chi connectivity index (χ4v) is 1.44. The maximum atomic E-state index is 11.2. The normalized spacial score (nSPS) is 18.1. The Morgan fingerprint density at radius 3 is 2.31 bits per heavy atom. The highest BCUT2D eigenvalue weighted by Gasteiger charge is 2.23. The van der Waals surface area contributed by atoms with Gasteiger partial charge in [0.25, 0.3) is 0 Å². The lowest BCUT2D eigenvalue weighted by molar-refractivity contribution is -0.870.